The van der Waals surface area contributed by atoms with Gasteiger partial charge in [-0.25, -0.2) is 9.97 Å². The van der Waals surface area contributed by atoms with Crippen LogP contribution in [0.3, 0.4) is 0 Å². The molecule has 0 saturated heterocycles. The van der Waals surface area contributed by atoms with Crippen LogP contribution in [0.2, 0.25) is 0 Å². The summed E-state index contributed by atoms with van der Waals surface area (Å²) in [5.41, 5.74) is 2.67. The Morgan fingerprint density at radius 1 is 1.21 bits per heavy atom. The van der Waals surface area contributed by atoms with E-state index in [0.717, 1.165) is 24.3 Å². The molecule has 1 N–H and O–H groups in total. The summed E-state index contributed by atoms with van der Waals surface area (Å²) in [6.45, 7) is 0.810. The fourth-order valence-corrected chi connectivity index (χ4v) is 1.89. The maximum absolute atomic E-state index is 4.41. The Balaban J connectivity index is 1.65. The average molecular weight is 254 g/mol. The van der Waals surface area contributed by atoms with Crippen LogP contribution >= 0.6 is 0 Å². The number of pyridine rings is 1. The van der Waals surface area contributed by atoms with Crippen LogP contribution in [0.5, 0.6) is 0 Å². The highest BCUT2D eigenvalue weighted by molar-refractivity contribution is 5.71. The maximum Gasteiger partial charge on any atom is 0.180 e. The van der Waals surface area contributed by atoms with Crippen molar-refractivity contribution in [2.24, 2.45) is 7.05 Å². The first-order valence-corrected chi connectivity index (χ1v) is 6.10. The molecule has 0 bridgehead atoms. The van der Waals surface area contributed by atoms with E-state index in [2.05, 4.69) is 25.4 Å². The molecule has 3 aromatic heterocycles. The summed E-state index contributed by atoms with van der Waals surface area (Å²) in [6, 6.07) is 3.84. The molecule has 0 aliphatic heterocycles. The first-order valence-electron chi connectivity index (χ1n) is 6.10. The summed E-state index contributed by atoms with van der Waals surface area (Å²) in [5, 5.41) is 7.42. The van der Waals surface area contributed by atoms with Gasteiger partial charge in [-0.1, -0.05) is 0 Å². The molecule has 0 aliphatic rings. The molecule has 0 atom stereocenters. The van der Waals surface area contributed by atoms with E-state index >= 15 is 0 Å². The monoisotopic (exact) mass is 254 g/mol. The number of fused-ring (bicyclic) bond motifs is 1. The Kier molecular flexibility index (Phi) is 3.06. The van der Waals surface area contributed by atoms with Gasteiger partial charge in [-0.05, 0) is 24.1 Å². The topological polar surface area (TPSA) is 68.5 Å². The number of hydrogen-bond acceptors (Lipinski definition) is 5. The van der Waals surface area contributed by atoms with Crippen LogP contribution in [-0.2, 0) is 13.5 Å². The third-order valence-electron chi connectivity index (χ3n) is 2.81. The lowest BCUT2D eigenvalue weighted by molar-refractivity contribution is 0.767. The van der Waals surface area contributed by atoms with Crippen LogP contribution in [0.15, 0.2) is 36.9 Å². The summed E-state index contributed by atoms with van der Waals surface area (Å²) in [5.74, 6) is 0.817. The zero-order valence-electron chi connectivity index (χ0n) is 10.6. The second kappa shape index (κ2) is 5.01. The van der Waals surface area contributed by atoms with Crippen LogP contribution < -0.4 is 5.32 Å². The second-order valence-electron chi connectivity index (χ2n) is 4.29. The van der Waals surface area contributed by atoms with Gasteiger partial charge in [-0.3, -0.25) is 9.67 Å². The summed E-state index contributed by atoms with van der Waals surface area (Å²) in [7, 11) is 1.92. The van der Waals surface area contributed by atoms with Gasteiger partial charge >= 0.3 is 0 Å². The SMILES string of the molecule is Cn1cc(CCNc2ccc3nccnc3n2)cn1. The van der Waals surface area contributed by atoms with Crippen molar-refractivity contribution in [3.05, 3.63) is 42.5 Å². The van der Waals surface area contributed by atoms with Crippen molar-refractivity contribution in [3.63, 3.8) is 0 Å². The number of nitrogens with zero attached hydrogens (tertiary/aromatic N) is 5. The molecule has 19 heavy (non-hydrogen) atoms. The van der Waals surface area contributed by atoms with Gasteiger partial charge in [0.2, 0.25) is 0 Å². The quantitative estimate of drug-likeness (QED) is 0.762. The highest BCUT2D eigenvalue weighted by Gasteiger charge is 2.00. The average Bonchev–Trinajstić information content (AvgIpc) is 2.84. The lowest BCUT2D eigenvalue weighted by Crippen LogP contribution is -2.06. The number of anilines is 1. The first kappa shape index (κ1) is 11.6. The molecular weight excluding hydrogens is 240 g/mol. The van der Waals surface area contributed by atoms with Gasteiger partial charge in [0, 0.05) is 32.2 Å². The molecule has 3 aromatic rings. The molecule has 3 heterocycles. The molecule has 0 aliphatic carbocycles. The van der Waals surface area contributed by atoms with Gasteiger partial charge in [-0.15, -0.1) is 0 Å². The number of hydrogen-bond donors (Lipinski definition) is 1. The van der Waals surface area contributed by atoms with Crippen molar-refractivity contribution in [1.82, 2.24) is 24.7 Å². The predicted octanol–water partition coefficient (Wildman–Crippen LogP) is 1.41. The summed E-state index contributed by atoms with van der Waals surface area (Å²) < 4.78 is 1.80. The molecule has 96 valence electrons. The molecule has 3 rings (SSSR count). The van der Waals surface area contributed by atoms with Crippen molar-refractivity contribution >= 4 is 17.0 Å². The predicted molar refractivity (Wildman–Crippen MR) is 72.7 cm³/mol. The molecule has 0 saturated carbocycles. The molecule has 0 amide bonds. The van der Waals surface area contributed by atoms with E-state index in [1.807, 2.05) is 31.6 Å². The minimum atomic E-state index is 0.661. The Labute approximate surface area is 110 Å². The number of nitrogens with one attached hydrogen (secondary N) is 1. The summed E-state index contributed by atoms with van der Waals surface area (Å²) in [6.07, 6.45) is 8.12. The lowest BCUT2D eigenvalue weighted by Gasteiger charge is -2.04. The van der Waals surface area contributed by atoms with Crippen LogP contribution in [0.25, 0.3) is 11.2 Å². The Morgan fingerprint density at radius 2 is 2.11 bits per heavy atom. The fraction of sp³-hybridized carbons (Fsp3) is 0.231. The molecule has 0 aromatic carbocycles. The van der Waals surface area contributed by atoms with Gasteiger partial charge in [0.15, 0.2) is 5.65 Å². The molecular formula is C13H14N6. The van der Waals surface area contributed by atoms with E-state index < -0.39 is 0 Å². The number of rotatable bonds is 4. The van der Waals surface area contributed by atoms with E-state index in [0.29, 0.717) is 5.65 Å². The standard InChI is InChI=1S/C13H14N6/c1-19-9-10(8-17-19)4-5-15-12-3-2-11-13(18-12)16-7-6-14-11/h2-3,6-9H,4-5H2,1H3,(H,15,16,18). The highest BCUT2D eigenvalue weighted by atomic mass is 15.2. The van der Waals surface area contributed by atoms with Gasteiger partial charge in [0.25, 0.3) is 0 Å². The van der Waals surface area contributed by atoms with Crippen molar-refractivity contribution < 1.29 is 0 Å². The summed E-state index contributed by atoms with van der Waals surface area (Å²) >= 11 is 0. The molecule has 0 spiro atoms. The fourth-order valence-electron chi connectivity index (χ4n) is 1.89. The molecule has 0 fully saturated rings. The third kappa shape index (κ3) is 2.67. The van der Waals surface area contributed by atoms with Crippen molar-refractivity contribution in [2.75, 3.05) is 11.9 Å². The molecule has 6 heteroatoms. The lowest BCUT2D eigenvalue weighted by atomic mass is 10.2. The third-order valence-corrected chi connectivity index (χ3v) is 2.81. The van der Waals surface area contributed by atoms with Gasteiger partial charge in [-0.2, -0.15) is 5.10 Å². The van der Waals surface area contributed by atoms with Gasteiger partial charge in [0.1, 0.15) is 11.3 Å². The second-order valence-corrected chi connectivity index (χ2v) is 4.29. The van der Waals surface area contributed by atoms with Crippen molar-refractivity contribution in [2.45, 2.75) is 6.42 Å². The van der Waals surface area contributed by atoms with Crippen LogP contribution in [0.4, 0.5) is 5.82 Å². The van der Waals surface area contributed by atoms with E-state index in [1.165, 1.54) is 5.56 Å². The number of aryl methyl sites for hydroxylation is 1. The maximum atomic E-state index is 4.41. The zero-order chi connectivity index (χ0) is 13.1. The van der Waals surface area contributed by atoms with Crippen molar-refractivity contribution in [1.29, 1.82) is 0 Å². The van der Waals surface area contributed by atoms with E-state index in [1.54, 1.807) is 17.1 Å². The highest BCUT2D eigenvalue weighted by Crippen LogP contribution is 2.10. The minimum Gasteiger partial charge on any atom is -0.370 e. The number of aromatic nitrogens is 5. The minimum absolute atomic E-state index is 0.661. The molecule has 0 unspecified atom stereocenters. The van der Waals surface area contributed by atoms with E-state index in [-0.39, 0.29) is 0 Å². The Bertz CT molecular complexity index is 690. The van der Waals surface area contributed by atoms with Gasteiger partial charge < -0.3 is 5.32 Å². The molecule has 6 nitrogen and oxygen atoms in total. The Morgan fingerprint density at radius 3 is 2.95 bits per heavy atom. The van der Waals surface area contributed by atoms with Crippen LogP contribution in [-0.4, -0.2) is 31.3 Å². The Hall–Kier alpha value is -2.50. The van der Waals surface area contributed by atoms with E-state index in [4.69, 9.17) is 0 Å². The van der Waals surface area contributed by atoms with Crippen LogP contribution in [0.1, 0.15) is 5.56 Å². The van der Waals surface area contributed by atoms with Crippen LogP contribution in [0, 0.1) is 0 Å². The first-order chi connectivity index (χ1) is 9.31. The summed E-state index contributed by atoms with van der Waals surface area (Å²) in [4.78, 5) is 12.8. The zero-order valence-corrected chi connectivity index (χ0v) is 10.6. The normalized spacial score (nSPS) is 10.8. The van der Waals surface area contributed by atoms with E-state index in [9.17, 15) is 0 Å². The largest absolute Gasteiger partial charge is 0.370 e. The van der Waals surface area contributed by atoms with Crippen molar-refractivity contribution in [3.8, 4) is 0 Å². The molecule has 0 radical (unpaired) electrons. The smallest absolute Gasteiger partial charge is 0.180 e. The van der Waals surface area contributed by atoms with Gasteiger partial charge in [0.05, 0.1) is 6.20 Å².